The smallest absolute Gasteiger partial charge is 0.223 e. The van der Waals surface area contributed by atoms with Crippen molar-refractivity contribution in [1.82, 2.24) is 5.32 Å². The molecule has 0 bridgehead atoms. The van der Waals surface area contributed by atoms with E-state index >= 15 is 0 Å². The molecule has 2 rings (SSSR count). The van der Waals surface area contributed by atoms with Gasteiger partial charge < -0.3 is 14.8 Å². The second-order valence-electron chi connectivity index (χ2n) is 5.68. The summed E-state index contributed by atoms with van der Waals surface area (Å²) in [5, 5.41) is 13.2. The predicted molar refractivity (Wildman–Crippen MR) is 72.7 cm³/mol. The van der Waals surface area contributed by atoms with Crippen molar-refractivity contribution in [3.63, 3.8) is 0 Å². The van der Waals surface area contributed by atoms with Gasteiger partial charge in [0.05, 0.1) is 12.0 Å². The Morgan fingerprint density at radius 2 is 2.05 bits per heavy atom. The third-order valence-corrected chi connectivity index (χ3v) is 3.89. The molecule has 0 aliphatic heterocycles. The Morgan fingerprint density at radius 3 is 2.63 bits per heavy atom. The van der Waals surface area contributed by atoms with Crippen molar-refractivity contribution in [2.24, 2.45) is 0 Å². The zero-order valence-corrected chi connectivity index (χ0v) is 11.8. The zero-order valence-electron chi connectivity index (χ0n) is 11.8. The van der Waals surface area contributed by atoms with Gasteiger partial charge in [-0.25, -0.2) is 0 Å². The van der Waals surface area contributed by atoms with Gasteiger partial charge in [-0.1, -0.05) is 19.3 Å². The maximum Gasteiger partial charge on any atom is 0.223 e. The third-order valence-electron chi connectivity index (χ3n) is 3.89. The van der Waals surface area contributed by atoms with Crippen molar-refractivity contribution < 1.29 is 14.3 Å². The van der Waals surface area contributed by atoms with Gasteiger partial charge in [0.1, 0.15) is 11.5 Å². The standard InChI is InChI=1S/C15H23NO3/c1-11-8-13(12(2)19-11)10-16-14(17)9-15(18)6-4-3-5-7-15/h8,18H,3-7,9-10H2,1-2H3,(H,16,17). The number of carbonyl (C=O) groups excluding carboxylic acids is 1. The molecule has 1 fully saturated rings. The lowest BCUT2D eigenvalue weighted by Crippen LogP contribution is -2.38. The average Bonchev–Trinajstić information content (AvgIpc) is 2.65. The first-order chi connectivity index (χ1) is 8.98. The molecule has 1 aromatic rings. The van der Waals surface area contributed by atoms with Gasteiger partial charge in [0.25, 0.3) is 0 Å². The largest absolute Gasteiger partial charge is 0.466 e. The zero-order chi connectivity index (χ0) is 13.9. The molecule has 1 aliphatic carbocycles. The summed E-state index contributed by atoms with van der Waals surface area (Å²) in [6, 6.07) is 1.94. The van der Waals surface area contributed by atoms with E-state index in [0.717, 1.165) is 49.2 Å². The van der Waals surface area contributed by atoms with Gasteiger partial charge in [0.2, 0.25) is 5.91 Å². The van der Waals surface area contributed by atoms with Crippen LogP contribution in [-0.2, 0) is 11.3 Å². The number of rotatable bonds is 4. The highest BCUT2D eigenvalue weighted by Gasteiger charge is 2.31. The SMILES string of the molecule is Cc1cc(CNC(=O)CC2(O)CCCCC2)c(C)o1. The van der Waals surface area contributed by atoms with E-state index in [1.54, 1.807) is 0 Å². The van der Waals surface area contributed by atoms with Gasteiger partial charge >= 0.3 is 0 Å². The maximum absolute atomic E-state index is 11.9. The van der Waals surface area contributed by atoms with Gasteiger partial charge in [0.15, 0.2) is 0 Å². The third kappa shape index (κ3) is 3.83. The summed E-state index contributed by atoms with van der Waals surface area (Å²) in [5.41, 5.74) is 0.213. The minimum Gasteiger partial charge on any atom is -0.466 e. The number of furan rings is 1. The van der Waals surface area contributed by atoms with Gasteiger partial charge in [-0.2, -0.15) is 0 Å². The van der Waals surface area contributed by atoms with Gasteiger partial charge in [0, 0.05) is 12.1 Å². The van der Waals surface area contributed by atoms with Gasteiger partial charge in [-0.3, -0.25) is 4.79 Å². The van der Waals surface area contributed by atoms with E-state index in [1.165, 1.54) is 0 Å². The lowest BCUT2D eigenvalue weighted by atomic mass is 9.82. The molecule has 0 atom stereocenters. The molecule has 1 heterocycles. The first-order valence-corrected chi connectivity index (χ1v) is 7.03. The Bertz CT molecular complexity index is 444. The molecule has 1 aliphatic rings. The Balaban J connectivity index is 1.83. The second-order valence-corrected chi connectivity index (χ2v) is 5.68. The molecule has 19 heavy (non-hydrogen) atoms. The van der Waals surface area contributed by atoms with E-state index in [2.05, 4.69) is 5.32 Å². The number of carbonyl (C=O) groups is 1. The number of hydrogen-bond donors (Lipinski definition) is 2. The molecule has 2 N–H and O–H groups in total. The minimum atomic E-state index is -0.788. The van der Waals surface area contributed by atoms with Crippen LogP contribution in [0.3, 0.4) is 0 Å². The lowest BCUT2D eigenvalue weighted by Gasteiger charge is -2.31. The number of nitrogens with one attached hydrogen (secondary N) is 1. The Kier molecular flexibility index (Phi) is 4.30. The number of aliphatic hydroxyl groups is 1. The van der Waals surface area contributed by atoms with Crippen LogP contribution in [0.15, 0.2) is 10.5 Å². The second kappa shape index (κ2) is 5.78. The van der Waals surface area contributed by atoms with Crippen LogP contribution in [0.1, 0.15) is 55.6 Å². The lowest BCUT2D eigenvalue weighted by molar-refractivity contribution is -0.127. The molecule has 1 saturated carbocycles. The van der Waals surface area contributed by atoms with Crippen molar-refractivity contribution in [1.29, 1.82) is 0 Å². The first kappa shape index (κ1) is 14.1. The number of amides is 1. The summed E-state index contributed by atoms with van der Waals surface area (Å²) in [7, 11) is 0. The van der Waals surface area contributed by atoms with E-state index < -0.39 is 5.60 Å². The summed E-state index contributed by atoms with van der Waals surface area (Å²) in [6.45, 7) is 4.25. The van der Waals surface area contributed by atoms with Crippen LogP contribution in [0.2, 0.25) is 0 Å². The first-order valence-electron chi connectivity index (χ1n) is 7.03. The van der Waals surface area contributed by atoms with Crippen LogP contribution < -0.4 is 5.32 Å². The normalized spacial score (nSPS) is 18.3. The Labute approximate surface area is 114 Å². The fraction of sp³-hybridized carbons (Fsp3) is 0.667. The highest BCUT2D eigenvalue weighted by atomic mass is 16.3. The molecule has 0 spiro atoms. The topological polar surface area (TPSA) is 62.5 Å². The molecule has 106 valence electrons. The quantitative estimate of drug-likeness (QED) is 0.879. The van der Waals surface area contributed by atoms with E-state index in [1.807, 2.05) is 19.9 Å². The Hall–Kier alpha value is -1.29. The highest BCUT2D eigenvalue weighted by Crippen LogP contribution is 2.30. The summed E-state index contributed by atoms with van der Waals surface area (Å²) in [5.74, 6) is 1.62. The number of hydrogen-bond acceptors (Lipinski definition) is 3. The van der Waals surface area contributed by atoms with Crippen LogP contribution in [0, 0.1) is 13.8 Å². The molecule has 1 amide bonds. The van der Waals surface area contributed by atoms with Crippen LogP contribution in [0.25, 0.3) is 0 Å². The van der Waals surface area contributed by atoms with E-state index in [9.17, 15) is 9.90 Å². The molecule has 0 saturated heterocycles. The average molecular weight is 265 g/mol. The molecule has 4 heteroatoms. The highest BCUT2D eigenvalue weighted by molar-refractivity contribution is 5.77. The maximum atomic E-state index is 11.9. The van der Waals surface area contributed by atoms with E-state index in [0.29, 0.717) is 6.54 Å². The van der Waals surface area contributed by atoms with E-state index in [4.69, 9.17) is 4.42 Å². The molecular weight excluding hydrogens is 242 g/mol. The van der Waals surface area contributed by atoms with Crippen molar-refractivity contribution in [3.05, 3.63) is 23.2 Å². The van der Waals surface area contributed by atoms with Crippen LogP contribution in [0.4, 0.5) is 0 Å². The van der Waals surface area contributed by atoms with Crippen molar-refractivity contribution in [3.8, 4) is 0 Å². The van der Waals surface area contributed by atoms with Crippen LogP contribution >= 0.6 is 0 Å². The summed E-state index contributed by atoms with van der Waals surface area (Å²) >= 11 is 0. The predicted octanol–water partition coefficient (Wildman–Crippen LogP) is 2.60. The van der Waals surface area contributed by atoms with Crippen molar-refractivity contribution in [2.45, 2.75) is 64.5 Å². The van der Waals surface area contributed by atoms with E-state index in [-0.39, 0.29) is 12.3 Å². The van der Waals surface area contributed by atoms with Gasteiger partial charge in [-0.05, 0) is 32.8 Å². The molecule has 0 radical (unpaired) electrons. The fourth-order valence-electron chi connectivity index (χ4n) is 2.80. The molecule has 0 unspecified atom stereocenters. The summed E-state index contributed by atoms with van der Waals surface area (Å²) in [4.78, 5) is 11.9. The number of aryl methyl sites for hydroxylation is 2. The minimum absolute atomic E-state index is 0.0809. The summed E-state index contributed by atoms with van der Waals surface area (Å²) < 4.78 is 5.42. The summed E-state index contributed by atoms with van der Waals surface area (Å²) in [6.07, 6.45) is 4.89. The molecule has 0 aromatic carbocycles. The molecular formula is C15H23NO3. The molecule has 1 aromatic heterocycles. The monoisotopic (exact) mass is 265 g/mol. The van der Waals surface area contributed by atoms with Crippen molar-refractivity contribution >= 4 is 5.91 Å². The van der Waals surface area contributed by atoms with Crippen LogP contribution in [-0.4, -0.2) is 16.6 Å². The van der Waals surface area contributed by atoms with Crippen molar-refractivity contribution in [2.75, 3.05) is 0 Å². The fourth-order valence-corrected chi connectivity index (χ4v) is 2.80. The molecule has 4 nitrogen and oxygen atoms in total. The van der Waals surface area contributed by atoms with Gasteiger partial charge in [-0.15, -0.1) is 0 Å². The Morgan fingerprint density at radius 1 is 1.37 bits per heavy atom. The van der Waals surface area contributed by atoms with Crippen LogP contribution in [0.5, 0.6) is 0 Å².